The summed E-state index contributed by atoms with van der Waals surface area (Å²) in [6.07, 6.45) is 9.46. The summed E-state index contributed by atoms with van der Waals surface area (Å²) in [5, 5.41) is 2.92. The molecule has 0 aliphatic heterocycles. The van der Waals surface area contributed by atoms with Gasteiger partial charge in [0.05, 0.1) is 0 Å². The average Bonchev–Trinajstić information content (AvgIpc) is 2.81. The quantitative estimate of drug-likeness (QED) is 0.162. The zero-order valence-corrected chi connectivity index (χ0v) is 23.5. The van der Waals surface area contributed by atoms with E-state index in [0.29, 0.717) is 11.1 Å². The molecule has 1 saturated carbocycles. The number of hydrogen-bond acceptors (Lipinski definition) is 0. The first-order valence-corrected chi connectivity index (χ1v) is 15.4. The Balaban J connectivity index is 1.97. The molecule has 4 atom stereocenters. The van der Waals surface area contributed by atoms with Crippen molar-refractivity contribution in [1.82, 2.24) is 0 Å². The van der Waals surface area contributed by atoms with Gasteiger partial charge in [0.15, 0.2) is 0 Å². The Hall–Kier alpha value is -0.470. The maximum Gasteiger partial charge on any atom is 0.115 e. The third-order valence-corrected chi connectivity index (χ3v) is 11.2. The molecule has 0 nitrogen and oxygen atoms in total. The maximum absolute atomic E-state index is 13.2. The van der Waals surface area contributed by atoms with Gasteiger partial charge in [-0.2, -0.15) is 0 Å². The lowest BCUT2D eigenvalue weighted by Crippen LogP contribution is -2.34. The summed E-state index contributed by atoms with van der Waals surface area (Å²) in [5.41, 5.74) is 3.28. The zero-order chi connectivity index (χ0) is 23.1. The lowest BCUT2D eigenvalue weighted by atomic mass is 9.72. The second-order valence-electron chi connectivity index (χ2n) is 10.8. The monoisotopic (exact) mass is 566 g/mol. The summed E-state index contributed by atoms with van der Waals surface area (Å²) < 4.78 is 14.3. The molecule has 3 heteroatoms. The minimum Gasteiger partial charge on any atom is -0.246 e. The van der Waals surface area contributed by atoms with Crippen molar-refractivity contribution in [3.8, 4) is 0 Å². The van der Waals surface area contributed by atoms with Crippen LogP contribution >= 0.6 is 30.5 Å². The van der Waals surface area contributed by atoms with Crippen LogP contribution < -0.4 is 10.6 Å². The van der Waals surface area contributed by atoms with E-state index in [1.807, 2.05) is 12.1 Å². The van der Waals surface area contributed by atoms with Gasteiger partial charge in [-0.25, -0.2) is 4.39 Å². The van der Waals surface area contributed by atoms with Crippen LogP contribution in [0.1, 0.15) is 83.8 Å². The largest absolute Gasteiger partial charge is 0.246 e. The molecule has 32 heavy (non-hydrogen) atoms. The highest BCUT2D eigenvalue weighted by atomic mass is 127. The fourth-order valence-corrected chi connectivity index (χ4v) is 9.07. The Morgan fingerprint density at radius 2 is 1.50 bits per heavy atom. The summed E-state index contributed by atoms with van der Waals surface area (Å²) in [7, 11) is -0.462. The predicted octanol–water partition coefficient (Wildman–Crippen LogP) is 8.94. The van der Waals surface area contributed by atoms with Crippen LogP contribution in [-0.2, 0) is 11.1 Å². The van der Waals surface area contributed by atoms with Crippen LogP contribution in [0.5, 0.6) is 0 Å². The van der Waals surface area contributed by atoms with E-state index < -0.39 is 7.92 Å². The third-order valence-electron chi connectivity index (χ3n) is 7.21. The zero-order valence-electron chi connectivity index (χ0n) is 20.4. The second-order valence-corrected chi connectivity index (χ2v) is 14.0. The molecule has 176 valence electrons. The van der Waals surface area contributed by atoms with Crippen molar-refractivity contribution in [2.75, 3.05) is 0 Å². The van der Waals surface area contributed by atoms with E-state index in [1.165, 1.54) is 61.1 Å². The smallest absolute Gasteiger partial charge is 0.115 e. The molecule has 0 spiro atoms. The molecule has 0 N–H and O–H groups in total. The Bertz CT molecular complexity index is 761. The van der Waals surface area contributed by atoms with Gasteiger partial charge in [-0.05, 0) is 78.3 Å². The van der Waals surface area contributed by atoms with Crippen molar-refractivity contribution in [2.45, 2.75) is 89.4 Å². The van der Waals surface area contributed by atoms with Crippen LogP contribution in [-0.4, -0.2) is 5.66 Å². The number of benzene rings is 2. The van der Waals surface area contributed by atoms with Crippen LogP contribution in [0.2, 0.25) is 0 Å². The fraction of sp³-hybridized carbons (Fsp3) is 0.586. The summed E-state index contributed by atoms with van der Waals surface area (Å²) in [5.74, 6) is 1.64. The Morgan fingerprint density at radius 3 is 2.00 bits per heavy atom. The van der Waals surface area contributed by atoms with Crippen LogP contribution in [0.3, 0.4) is 0 Å². The highest BCUT2D eigenvalue weighted by molar-refractivity contribution is 14.1. The molecular weight excluding hydrogens is 525 g/mol. The molecule has 1 aliphatic rings. The molecule has 0 bridgehead atoms. The first kappa shape index (κ1) is 26.1. The van der Waals surface area contributed by atoms with Gasteiger partial charge < -0.3 is 0 Å². The molecule has 1 fully saturated rings. The van der Waals surface area contributed by atoms with Crippen LogP contribution in [0.15, 0.2) is 48.5 Å². The Morgan fingerprint density at radius 1 is 0.938 bits per heavy atom. The molecule has 0 aromatic heterocycles. The second kappa shape index (κ2) is 12.3. The van der Waals surface area contributed by atoms with E-state index in [0.717, 1.165) is 21.8 Å². The van der Waals surface area contributed by atoms with Crippen molar-refractivity contribution in [2.24, 2.45) is 17.3 Å². The van der Waals surface area contributed by atoms with Crippen LogP contribution in [0.25, 0.3) is 0 Å². The fourth-order valence-electron chi connectivity index (χ4n) is 5.42. The van der Waals surface area contributed by atoms with E-state index in [-0.39, 0.29) is 6.67 Å². The SMILES string of the molecule is CC[C@@H](C1CCCC[C@H]1CCC(C)(C)C)P(c1ccc(CF)cc1)c1ccc(CI)cc1. The van der Waals surface area contributed by atoms with Gasteiger partial charge in [-0.3, -0.25) is 0 Å². The van der Waals surface area contributed by atoms with E-state index in [9.17, 15) is 4.39 Å². The molecule has 3 rings (SSSR count). The van der Waals surface area contributed by atoms with Crippen molar-refractivity contribution in [3.63, 3.8) is 0 Å². The van der Waals surface area contributed by atoms with Crippen molar-refractivity contribution >= 4 is 41.1 Å². The van der Waals surface area contributed by atoms with Gasteiger partial charge in [0.25, 0.3) is 0 Å². The molecule has 2 aromatic rings. The van der Waals surface area contributed by atoms with Gasteiger partial charge in [0.1, 0.15) is 6.67 Å². The summed E-state index contributed by atoms with van der Waals surface area (Å²) in [6, 6.07) is 17.9. The molecular formula is C29H41FIP. The molecule has 0 amide bonds. The number of alkyl halides is 2. The Labute approximate surface area is 211 Å². The highest BCUT2D eigenvalue weighted by Gasteiger charge is 2.36. The van der Waals surface area contributed by atoms with Gasteiger partial charge >= 0.3 is 0 Å². The molecule has 0 saturated heterocycles. The van der Waals surface area contributed by atoms with Crippen molar-refractivity contribution < 1.29 is 4.39 Å². The third kappa shape index (κ3) is 7.02. The lowest BCUT2D eigenvalue weighted by molar-refractivity contribution is 0.190. The average molecular weight is 567 g/mol. The molecule has 2 aromatic carbocycles. The van der Waals surface area contributed by atoms with Gasteiger partial charge in [-0.15, -0.1) is 0 Å². The van der Waals surface area contributed by atoms with E-state index in [1.54, 1.807) is 0 Å². The summed E-state index contributed by atoms with van der Waals surface area (Å²) in [4.78, 5) is 0. The van der Waals surface area contributed by atoms with Crippen LogP contribution in [0.4, 0.5) is 4.39 Å². The van der Waals surface area contributed by atoms with E-state index in [2.05, 4.69) is 86.7 Å². The van der Waals surface area contributed by atoms with Crippen LogP contribution in [0, 0.1) is 17.3 Å². The predicted molar refractivity (Wildman–Crippen MR) is 150 cm³/mol. The highest BCUT2D eigenvalue weighted by Crippen LogP contribution is 2.51. The minimum atomic E-state index is -0.462. The Kier molecular flexibility index (Phi) is 10.0. The molecule has 1 aliphatic carbocycles. The van der Waals surface area contributed by atoms with Gasteiger partial charge in [0, 0.05) is 4.43 Å². The standard InChI is InChI=1S/C29H41FIP/c1-5-28(27-9-7-6-8-24(27)18-19-29(2,3)4)32(25-14-10-22(20-30)11-15-25)26-16-12-23(21-31)13-17-26/h10-17,24,27-28H,5-9,18-21H2,1-4H3/t24-,27?,28-,32?/m0/s1. The van der Waals surface area contributed by atoms with E-state index in [4.69, 9.17) is 0 Å². The topological polar surface area (TPSA) is 0 Å². The summed E-state index contributed by atoms with van der Waals surface area (Å²) in [6.45, 7) is 9.18. The normalized spacial score (nSPS) is 21.3. The minimum absolute atomic E-state index is 0.378. The molecule has 0 radical (unpaired) electrons. The van der Waals surface area contributed by atoms with Crippen molar-refractivity contribution in [1.29, 1.82) is 0 Å². The molecule has 0 heterocycles. The van der Waals surface area contributed by atoms with E-state index >= 15 is 0 Å². The number of halogens is 2. The first-order chi connectivity index (χ1) is 15.4. The maximum atomic E-state index is 13.2. The molecule has 2 unspecified atom stereocenters. The number of hydrogen-bond donors (Lipinski definition) is 0. The van der Waals surface area contributed by atoms with Crippen molar-refractivity contribution in [3.05, 3.63) is 59.7 Å². The lowest BCUT2D eigenvalue weighted by Gasteiger charge is -2.42. The first-order valence-electron chi connectivity index (χ1n) is 12.5. The summed E-state index contributed by atoms with van der Waals surface area (Å²) >= 11 is 2.45. The van der Waals surface area contributed by atoms with Gasteiger partial charge in [-0.1, -0.05) is 118 Å². The van der Waals surface area contributed by atoms with Gasteiger partial charge in [0.2, 0.25) is 0 Å². The number of rotatable bonds is 9.